The second-order valence-electron chi connectivity index (χ2n) is 7.67. The van der Waals surface area contributed by atoms with Gasteiger partial charge in [0.05, 0.1) is 13.1 Å². The molecule has 0 radical (unpaired) electrons. The molecule has 6 heteroatoms. The summed E-state index contributed by atoms with van der Waals surface area (Å²) in [7, 11) is 2.09. The topological polar surface area (TPSA) is 43.9 Å². The monoisotopic (exact) mass is 325 g/mol. The van der Waals surface area contributed by atoms with Crippen molar-refractivity contribution in [2.75, 3.05) is 52.9 Å². The number of likely N-dealkylation sites (N-methyl/N-ethyl adjacent to an activating group) is 1. The highest BCUT2D eigenvalue weighted by atomic mass is 19.1. The number of likely N-dealkylation sites (tertiary alicyclic amines) is 1. The van der Waals surface area contributed by atoms with Crippen molar-refractivity contribution in [3.05, 3.63) is 0 Å². The predicted octanol–water partition coefficient (Wildman–Crippen LogP) is 0.790. The molecule has 3 rings (SSSR count). The van der Waals surface area contributed by atoms with Gasteiger partial charge in [-0.15, -0.1) is 0 Å². The van der Waals surface area contributed by atoms with E-state index in [0.29, 0.717) is 6.54 Å². The molecule has 0 atom stereocenters. The fourth-order valence-electron chi connectivity index (χ4n) is 4.06. The van der Waals surface area contributed by atoms with E-state index in [1.54, 1.807) is 4.90 Å². The van der Waals surface area contributed by atoms with E-state index >= 15 is 0 Å². The third-order valence-corrected chi connectivity index (χ3v) is 5.68. The largest absolute Gasteiger partial charge is 0.336 e. The van der Waals surface area contributed by atoms with Crippen LogP contribution in [0.4, 0.5) is 4.39 Å². The molecule has 1 aliphatic carbocycles. The normalized spacial score (nSPS) is 32.3. The SMILES string of the molecule is CN1CCN(CC2(F)CN(C(=O)C3CCC(C=O)CC3)C2)CC1. The minimum atomic E-state index is -1.23. The van der Waals surface area contributed by atoms with Gasteiger partial charge in [0.2, 0.25) is 5.91 Å². The van der Waals surface area contributed by atoms with E-state index in [4.69, 9.17) is 0 Å². The van der Waals surface area contributed by atoms with Crippen molar-refractivity contribution in [1.29, 1.82) is 0 Å². The maximum absolute atomic E-state index is 14.8. The van der Waals surface area contributed by atoms with Gasteiger partial charge >= 0.3 is 0 Å². The number of carbonyl (C=O) groups excluding carboxylic acids is 2. The van der Waals surface area contributed by atoms with Gasteiger partial charge in [-0.25, -0.2) is 4.39 Å². The van der Waals surface area contributed by atoms with Gasteiger partial charge in [0.1, 0.15) is 6.29 Å². The summed E-state index contributed by atoms with van der Waals surface area (Å²) in [5.41, 5.74) is -1.23. The first kappa shape index (κ1) is 16.8. The molecule has 0 unspecified atom stereocenters. The lowest BCUT2D eigenvalue weighted by Gasteiger charge is -2.48. The molecule has 3 fully saturated rings. The van der Waals surface area contributed by atoms with Crippen molar-refractivity contribution in [2.45, 2.75) is 31.4 Å². The molecule has 0 aromatic carbocycles. The van der Waals surface area contributed by atoms with Crippen LogP contribution in [0.1, 0.15) is 25.7 Å². The Morgan fingerprint density at radius 3 is 2.30 bits per heavy atom. The van der Waals surface area contributed by atoms with Crippen molar-refractivity contribution < 1.29 is 14.0 Å². The summed E-state index contributed by atoms with van der Waals surface area (Å²) < 4.78 is 14.8. The van der Waals surface area contributed by atoms with Crippen LogP contribution >= 0.6 is 0 Å². The van der Waals surface area contributed by atoms with Gasteiger partial charge in [0.25, 0.3) is 0 Å². The summed E-state index contributed by atoms with van der Waals surface area (Å²) in [4.78, 5) is 29.3. The van der Waals surface area contributed by atoms with Crippen molar-refractivity contribution in [3.63, 3.8) is 0 Å². The summed E-state index contributed by atoms with van der Waals surface area (Å²) in [6, 6.07) is 0. The zero-order valence-corrected chi connectivity index (χ0v) is 14.0. The number of hydrogen-bond acceptors (Lipinski definition) is 4. The van der Waals surface area contributed by atoms with Gasteiger partial charge < -0.3 is 14.6 Å². The third-order valence-electron chi connectivity index (χ3n) is 5.68. The molecule has 2 aliphatic heterocycles. The van der Waals surface area contributed by atoms with E-state index in [1.165, 1.54) is 0 Å². The highest BCUT2D eigenvalue weighted by molar-refractivity contribution is 5.80. The van der Waals surface area contributed by atoms with Crippen LogP contribution < -0.4 is 0 Å². The number of piperazine rings is 1. The number of halogens is 1. The second-order valence-corrected chi connectivity index (χ2v) is 7.67. The van der Waals surface area contributed by atoms with Crippen LogP contribution in [-0.4, -0.2) is 85.4 Å². The van der Waals surface area contributed by atoms with Crippen LogP contribution in [0, 0.1) is 11.8 Å². The van der Waals surface area contributed by atoms with Crippen LogP contribution in [0.15, 0.2) is 0 Å². The first-order chi connectivity index (χ1) is 11.0. The Bertz CT molecular complexity index is 437. The number of aldehydes is 1. The van der Waals surface area contributed by atoms with Crippen LogP contribution in [0.25, 0.3) is 0 Å². The Labute approximate surface area is 137 Å². The molecule has 23 heavy (non-hydrogen) atoms. The van der Waals surface area contributed by atoms with Crippen molar-refractivity contribution in [1.82, 2.24) is 14.7 Å². The molecule has 130 valence electrons. The molecule has 0 aromatic heterocycles. The fourth-order valence-corrected chi connectivity index (χ4v) is 4.06. The maximum atomic E-state index is 14.8. The minimum absolute atomic E-state index is 0.000568. The first-order valence-electron chi connectivity index (χ1n) is 8.83. The fraction of sp³-hybridized carbons (Fsp3) is 0.882. The summed E-state index contributed by atoms with van der Waals surface area (Å²) >= 11 is 0. The lowest BCUT2D eigenvalue weighted by atomic mass is 9.81. The van der Waals surface area contributed by atoms with Gasteiger partial charge in [0.15, 0.2) is 5.67 Å². The summed E-state index contributed by atoms with van der Waals surface area (Å²) in [6.45, 7) is 4.72. The minimum Gasteiger partial charge on any atom is -0.336 e. The summed E-state index contributed by atoms with van der Waals surface area (Å²) in [6.07, 6.45) is 4.16. The Kier molecular flexibility index (Phi) is 5.01. The summed E-state index contributed by atoms with van der Waals surface area (Å²) in [5, 5.41) is 0. The van der Waals surface area contributed by atoms with E-state index in [2.05, 4.69) is 16.8 Å². The van der Waals surface area contributed by atoms with Crippen molar-refractivity contribution >= 4 is 12.2 Å². The molecule has 0 spiro atoms. The van der Waals surface area contributed by atoms with E-state index in [9.17, 15) is 14.0 Å². The lowest BCUT2D eigenvalue weighted by molar-refractivity contribution is -0.153. The smallest absolute Gasteiger partial charge is 0.225 e. The van der Waals surface area contributed by atoms with Crippen LogP contribution in [0.3, 0.4) is 0 Å². The van der Waals surface area contributed by atoms with E-state index < -0.39 is 5.67 Å². The molecule has 1 saturated carbocycles. The number of nitrogens with zero attached hydrogens (tertiary/aromatic N) is 3. The molecular formula is C17H28FN3O2. The zero-order valence-electron chi connectivity index (χ0n) is 14.0. The maximum Gasteiger partial charge on any atom is 0.225 e. The van der Waals surface area contributed by atoms with Gasteiger partial charge in [-0.3, -0.25) is 9.69 Å². The Balaban J connectivity index is 1.42. The Hall–Kier alpha value is -1.01. The van der Waals surface area contributed by atoms with Gasteiger partial charge in [-0.2, -0.15) is 0 Å². The van der Waals surface area contributed by atoms with E-state index in [0.717, 1.165) is 58.1 Å². The van der Waals surface area contributed by atoms with E-state index in [-0.39, 0.29) is 30.8 Å². The number of hydrogen-bond donors (Lipinski definition) is 0. The first-order valence-corrected chi connectivity index (χ1v) is 8.83. The number of rotatable bonds is 4. The van der Waals surface area contributed by atoms with Gasteiger partial charge in [-0.05, 0) is 32.7 Å². The molecule has 1 amide bonds. The summed E-state index contributed by atoms with van der Waals surface area (Å²) in [5.74, 6) is 0.216. The van der Waals surface area contributed by atoms with E-state index in [1.807, 2.05) is 0 Å². The molecule has 2 saturated heterocycles. The molecule has 0 N–H and O–H groups in total. The van der Waals surface area contributed by atoms with Crippen LogP contribution in [0.5, 0.6) is 0 Å². The zero-order chi connectivity index (χ0) is 16.4. The quantitative estimate of drug-likeness (QED) is 0.717. The third kappa shape index (κ3) is 3.91. The van der Waals surface area contributed by atoms with Crippen molar-refractivity contribution in [3.8, 4) is 0 Å². The number of amides is 1. The number of carbonyl (C=O) groups is 2. The molecular weight excluding hydrogens is 297 g/mol. The van der Waals surface area contributed by atoms with Crippen LogP contribution in [-0.2, 0) is 9.59 Å². The molecule has 3 aliphatic rings. The Morgan fingerprint density at radius 1 is 1.13 bits per heavy atom. The standard InChI is InChI=1S/C17H28FN3O2/c1-19-6-8-20(9-7-19)11-17(18)12-21(13-17)16(23)15-4-2-14(10-22)3-5-15/h10,14-15H,2-9,11-13H2,1H3. The van der Waals surface area contributed by atoms with Gasteiger partial charge in [0, 0.05) is 44.6 Å². The average Bonchev–Trinajstić information content (AvgIpc) is 2.54. The predicted molar refractivity (Wildman–Crippen MR) is 85.9 cm³/mol. The Morgan fingerprint density at radius 2 is 1.74 bits per heavy atom. The highest BCUT2D eigenvalue weighted by Crippen LogP contribution is 2.33. The second kappa shape index (κ2) is 6.85. The van der Waals surface area contributed by atoms with Crippen molar-refractivity contribution in [2.24, 2.45) is 11.8 Å². The lowest BCUT2D eigenvalue weighted by Crippen LogP contribution is -2.66. The molecule has 0 bridgehead atoms. The highest BCUT2D eigenvalue weighted by Gasteiger charge is 2.48. The van der Waals surface area contributed by atoms with Crippen LogP contribution in [0.2, 0.25) is 0 Å². The average molecular weight is 325 g/mol. The number of alkyl halides is 1. The molecule has 2 heterocycles. The molecule has 0 aromatic rings. The van der Waals surface area contributed by atoms with Gasteiger partial charge in [-0.1, -0.05) is 0 Å². The molecule has 5 nitrogen and oxygen atoms in total.